The number of amidine groups is 1. The number of carbonyl (C=O) groups excluding carboxylic acids is 1. The minimum Gasteiger partial charge on any atom is -0.493 e. The smallest absolute Gasteiger partial charge is 0.236 e. The van der Waals surface area contributed by atoms with Gasteiger partial charge in [0.25, 0.3) is 0 Å². The standard InChI is InChI=1S/C14H16ClN3O3S/c1-8(2)21-13-9(4-10(15)5-11(13)20-3)6-16-18-14-17-12(19)7-22-14/h4-6,8H,7H2,1-3H3,(H,17,18,19). The van der Waals surface area contributed by atoms with E-state index in [1.807, 2.05) is 13.8 Å². The molecule has 0 unspecified atom stereocenters. The molecular formula is C14H16ClN3O3S. The van der Waals surface area contributed by atoms with Gasteiger partial charge in [-0.1, -0.05) is 23.4 Å². The average Bonchev–Trinajstić information content (AvgIpc) is 2.86. The summed E-state index contributed by atoms with van der Waals surface area (Å²) in [4.78, 5) is 11.1. The molecule has 8 heteroatoms. The van der Waals surface area contributed by atoms with Crippen LogP contribution >= 0.6 is 23.4 Å². The number of thioether (sulfide) groups is 1. The fraction of sp³-hybridized carbons (Fsp3) is 0.357. The Labute approximate surface area is 137 Å². The van der Waals surface area contributed by atoms with E-state index in [0.717, 1.165) is 0 Å². The zero-order valence-electron chi connectivity index (χ0n) is 12.4. The molecule has 2 rings (SSSR count). The van der Waals surface area contributed by atoms with Crippen molar-refractivity contribution in [2.75, 3.05) is 12.9 Å². The number of nitrogens with zero attached hydrogens (tertiary/aromatic N) is 2. The number of halogens is 1. The number of methoxy groups -OCH3 is 1. The number of nitrogens with one attached hydrogen (secondary N) is 1. The van der Waals surface area contributed by atoms with Crippen LogP contribution in [0.1, 0.15) is 19.4 Å². The van der Waals surface area contributed by atoms with E-state index in [4.69, 9.17) is 21.1 Å². The second kappa shape index (κ2) is 7.51. The molecular weight excluding hydrogens is 326 g/mol. The van der Waals surface area contributed by atoms with Gasteiger partial charge in [0.1, 0.15) is 0 Å². The van der Waals surface area contributed by atoms with Gasteiger partial charge in [-0.2, -0.15) is 5.10 Å². The van der Waals surface area contributed by atoms with Gasteiger partial charge in [-0.3, -0.25) is 4.79 Å². The Morgan fingerprint density at radius 1 is 1.45 bits per heavy atom. The second-order valence-corrected chi connectivity index (χ2v) is 6.08. The fourth-order valence-electron chi connectivity index (χ4n) is 1.72. The van der Waals surface area contributed by atoms with E-state index >= 15 is 0 Å². The number of carbonyl (C=O) groups is 1. The molecule has 1 heterocycles. The van der Waals surface area contributed by atoms with Crippen molar-refractivity contribution < 1.29 is 14.3 Å². The Kier molecular flexibility index (Phi) is 5.68. The van der Waals surface area contributed by atoms with Crippen molar-refractivity contribution in [1.82, 2.24) is 5.32 Å². The summed E-state index contributed by atoms with van der Waals surface area (Å²) in [6.07, 6.45) is 1.49. The number of amides is 1. The summed E-state index contributed by atoms with van der Waals surface area (Å²) in [5, 5.41) is 11.5. The van der Waals surface area contributed by atoms with Gasteiger partial charge >= 0.3 is 0 Å². The third kappa shape index (κ3) is 4.38. The maximum atomic E-state index is 11.1. The van der Waals surface area contributed by atoms with Gasteiger partial charge in [0.15, 0.2) is 16.7 Å². The fourth-order valence-corrected chi connectivity index (χ4v) is 2.57. The summed E-state index contributed by atoms with van der Waals surface area (Å²) in [6, 6.07) is 3.39. The molecule has 1 amide bonds. The summed E-state index contributed by atoms with van der Waals surface area (Å²) < 4.78 is 11.1. The monoisotopic (exact) mass is 341 g/mol. The van der Waals surface area contributed by atoms with Crippen LogP contribution in [-0.2, 0) is 4.79 Å². The Morgan fingerprint density at radius 3 is 2.82 bits per heavy atom. The number of ether oxygens (including phenoxy) is 2. The molecule has 0 atom stereocenters. The molecule has 0 aromatic heterocycles. The lowest BCUT2D eigenvalue weighted by Crippen LogP contribution is -2.19. The van der Waals surface area contributed by atoms with Crippen LogP contribution in [0.2, 0.25) is 5.02 Å². The van der Waals surface area contributed by atoms with Gasteiger partial charge < -0.3 is 14.8 Å². The highest BCUT2D eigenvalue weighted by Crippen LogP contribution is 2.34. The number of benzene rings is 1. The Bertz CT molecular complexity index is 632. The third-order valence-electron chi connectivity index (χ3n) is 2.55. The molecule has 0 saturated carbocycles. The molecule has 0 spiro atoms. The van der Waals surface area contributed by atoms with Crippen LogP contribution in [0.5, 0.6) is 11.5 Å². The van der Waals surface area contributed by atoms with E-state index in [2.05, 4.69) is 15.5 Å². The molecule has 6 nitrogen and oxygen atoms in total. The van der Waals surface area contributed by atoms with Crippen molar-refractivity contribution in [1.29, 1.82) is 0 Å². The number of hydrogen-bond donors (Lipinski definition) is 1. The normalized spacial score (nSPS) is 16.6. The predicted octanol–water partition coefficient (Wildman–Crippen LogP) is 2.69. The quantitative estimate of drug-likeness (QED) is 0.660. The van der Waals surface area contributed by atoms with Crippen molar-refractivity contribution in [2.45, 2.75) is 20.0 Å². The summed E-state index contributed by atoms with van der Waals surface area (Å²) in [5.74, 6) is 1.36. The minimum absolute atomic E-state index is 0.0294. The first-order valence-corrected chi connectivity index (χ1v) is 7.94. The highest BCUT2D eigenvalue weighted by molar-refractivity contribution is 8.15. The van der Waals surface area contributed by atoms with Crippen LogP contribution in [0.25, 0.3) is 0 Å². The van der Waals surface area contributed by atoms with Crippen molar-refractivity contribution in [3.05, 3.63) is 22.7 Å². The summed E-state index contributed by atoms with van der Waals surface area (Å²) in [5.41, 5.74) is 0.650. The predicted molar refractivity (Wildman–Crippen MR) is 89.4 cm³/mol. The average molecular weight is 342 g/mol. The van der Waals surface area contributed by atoms with Crippen molar-refractivity contribution in [3.8, 4) is 11.5 Å². The van der Waals surface area contributed by atoms with Gasteiger partial charge in [0.05, 0.1) is 25.2 Å². The highest BCUT2D eigenvalue weighted by Gasteiger charge is 2.16. The SMILES string of the molecule is COc1cc(Cl)cc(C=NN=C2NC(=O)CS2)c1OC(C)C. The highest BCUT2D eigenvalue weighted by atomic mass is 35.5. The van der Waals surface area contributed by atoms with Gasteiger partial charge in [-0.05, 0) is 19.9 Å². The van der Waals surface area contributed by atoms with Crippen LogP contribution in [0.4, 0.5) is 0 Å². The van der Waals surface area contributed by atoms with E-state index in [1.54, 1.807) is 19.2 Å². The zero-order valence-corrected chi connectivity index (χ0v) is 14.0. The maximum Gasteiger partial charge on any atom is 0.236 e. The van der Waals surface area contributed by atoms with Crippen LogP contribution < -0.4 is 14.8 Å². The lowest BCUT2D eigenvalue weighted by atomic mass is 10.2. The summed E-state index contributed by atoms with van der Waals surface area (Å²) in [6.45, 7) is 3.83. The molecule has 118 valence electrons. The first-order chi connectivity index (χ1) is 10.5. The molecule has 1 aliphatic heterocycles. The second-order valence-electron chi connectivity index (χ2n) is 4.68. The van der Waals surface area contributed by atoms with Crippen LogP contribution in [0.15, 0.2) is 22.3 Å². The van der Waals surface area contributed by atoms with E-state index in [-0.39, 0.29) is 12.0 Å². The third-order valence-corrected chi connectivity index (χ3v) is 3.64. The van der Waals surface area contributed by atoms with Crippen LogP contribution in [0.3, 0.4) is 0 Å². The number of rotatable bonds is 5. The van der Waals surface area contributed by atoms with Crippen molar-refractivity contribution in [3.63, 3.8) is 0 Å². The number of hydrogen-bond acceptors (Lipinski definition) is 6. The van der Waals surface area contributed by atoms with E-state index in [9.17, 15) is 4.79 Å². The van der Waals surface area contributed by atoms with Gasteiger partial charge in [-0.15, -0.1) is 5.10 Å². The molecule has 22 heavy (non-hydrogen) atoms. The van der Waals surface area contributed by atoms with Crippen LogP contribution in [0, 0.1) is 0 Å². The molecule has 1 aromatic rings. The minimum atomic E-state index is -0.0767. The maximum absolute atomic E-state index is 11.1. The van der Waals surface area contributed by atoms with E-state index in [1.165, 1.54) is 18.0 Å². The van der Waals surface area contributed by atoms with Crippen molar-refractivity contribution in [2.24, 2.45) is 10.2 Å². The molecule has 0 aliphatic carbocycles. The first kappa shape index (κ1) is 16.6. The Hall–Kier alpha value is -1.73. The molecule has 1 aliphatic rings. The van der Waals surface area contributed by atoms with Crippen LogP contribution in [-0.4, -0.2) is 36.3 Å². The molecule has 0 bridgehead atoms. The van der Waals surface area contributed by atoms with Gasteiger partial charge in [0.2, 0.25) is 5.91 Å². The van der Waals surface area contributed by atoms with Gasteiger partial charge in [-0.25, -0.2) is 0 Å². The molecule has 1 saturated heterocycles. The molecule has 1 fully saturated rings. The topological polar surface area (TPSA) is 72.3 Å². The van der Waals surface area contributed by atoms with Gasteiger partial charge in [0, 0.05) is 16.7 Å². The Morgan fingerprint density at radius 2 is 2.23 bits per heavy atom. The summed E-state index contributed by atoms with van der Waals surface area (Å²) in [7, 11) is 1.55. The lowest BCUT2D eigenvalue weighted by Gasteiger charge is -2.16. The Balaban J connectivity index is 2.28. The lowest BCUT2D eigenvalue weighted by molar-refractivity contribution is -0.116. The first-order valence-electron chi connectivity index (χ1n) is 6.57. The summed E-state index contributed by atoms with van der Waals surface area (Å²) >= 11 is 7.37. The zero-order chi connectivity index (χ0) is 16.1. The molecule has 1 aromatic carbocycles. The van der Waals surface area contributed by atoms with E-state index < -0.39 is 0 Å². The van der Waals surface area contributed by atoms with E-state index in [0.29, 0.717) is 33.0 Å². The molecule has 1 N–H and O–H groups in total. The largest absolute Gasteiger partial charge is 0.493 e. The van der Waals surface area contributed by atoms with Crippen molar-refractivity contribution >= 4 is 40.7 Å². The molecule has 0 radical (unpaired) electrons.